The third-order valence-electron chi connectivity index (χ3n) is 7.80. The summed E-state index contributed by atoms with van der Waals surface area (Å²) in [5.41, 5.74) is 0.391. The molecule has 0 radical (unpaired) electrons. The maximum Gasteiger partial charge on any atom is 0.269 e. The molecule has 0 bridgehead atoms. The van der Waals surface area contributed by atoms with Crippen molar-refractivity contribution in [3.05, 3.63) is 83.1 Å². The summed E-state index contributed by atoms with van der Waals surface area (Å²) < 4.78 is 63.1. The normalized spacial score (nSPS) is 12.8. The number of aromatic nitrogens is 3. The third kappa shape index (κ3) is 6.10. The van der Waals surface area contributed by atoms with Crippen LogP contribution in [0, 0.1) is 36.5 Å². The number of Topliss-reactive ketones (excluding diaryl/α,β-unsaturated/α-hetero) is 1. The zero-order valence-corrected chi connectivity index (χ0v) is 24.9. The summed E-state index contributed by atoms with van der Waals surface area (Å²) in [4.78, 5) is 24.5. The number of fused-ring (bicyclic) bond motifs is 1. The molecule has 11 heteroatoms. The number of methoxy groups -OCH3 is 1. The quantitative estimate of drug-likeness (QED) is 0.180. The van der Waals surface area contributed by atoms with E-state index in [1.165, 1.54) is 25.4 Å². The Kier molecular flexibility index (Phi) is 8.89. The van der Waals surface area contributed by atoms with Crippen LogP contribution in [0.2, 0.25) is 0 Å². The van der Waals surface area contributed by atoms with Gasteiger partial charge < -0.3 is 4.74 Å². The third-order valence-corrected chi connectivity index (χ3v) is 9.46. The van der Waals surface area contributed by atoms with Gasteiger partial charge in [-0.3, -0.25) is 9.78 Å². The Labute approximate surface area is 244 Å². The Bertz CT molecular complexity index is 1790. The molecule has 1 atom stereocenters. The lowest BCUT2D eigenvalue weighted by atomic mass is 9.72. The number of pyridine rings is 2. The van der Waals surface area contributed by atoms with Gasteiger partial charge in [-0.15, -0.1) is 0 Å². The van der Waals surface area contributed by atoms with Crippen LogP contribution < -0.4 is 0 Å². The van der Waals surface area contributed by atoms with Crippen molar-refractivity contribution in [3.8, 4) is 11.3 Å². The van der Waals surface area contributed by atoms with Crippen molar-refractivity contribution in [2.24, 2.45) is 11.3 Å². The average Bonchev–Trinajstić information content (AvgIpc) is 3.33. The predicted molar refractivity (Wildman–Crippen MR) is 156 cm³/mol. The van der Waals surface area contributed by atoms with Gasteiger partial charge in [0, 0.05) is 30.7 Å². The van der Waals surface area contributed by atoms with Crippen molar-refractivity contribution in [2.75, 3.05) is 13.7 Å². The molecule has 8 nitrogen and oxygen atoms in total. The van der Waals surface area contributed by atoms with Gasteiger partial charge in [-0.25, -0.2) is 31.0 Å². The molecule has 0 amide bonds. The first-order chi connectivity index (χ1) is 19.8. The highest BCUT2D eigenvalue weighted by atomic mass is 32.2. The fourth-order valence-electron chi connectivity index (χ4n) is 4.84. The number of benzene rings is 1. The van der Waals surface area contributed by atoms with Gasteiger partial charge in [-0.2, -0.15) is 0 Å². The van der Waals surface area contributed by atoms with E-state index >= 15 is 4.39 Å². The maximum absolute atomic E-state index is 15.4. The molecule has 4 rings (SSSR count). The second-order valence-corrected chi connectivity index (χ2v) is 12.8. The highest BCUT2D eigenvalue weighted by Crippen LogP contribution is 2.40. The molecule has 3 aromatic heterocycles. The molecule has 1 aromatic carbocycles. The SMILES string of the molecule is [C-]#[N+]c1cc(F)c(CC(CC(=O)COC)C(C)(C)CC)nc1-c1cn(S(=O)(=O)c2ccc(C)cc2)c2ncc(F)cc12. The summed E-state index contributed by atoms with van der Waals surface area (Å²) in [7, 11) is -2.75. The Morgan fingerprint density at radius 2 is 1.88 bits per heavy atom. The fraction of sp³-hybridized carbons (Fsp3) is 0.355. The second-order valence-electron chi connectivity index (χ2n) is 11.0. The summed E-state index contributed by atoms with van der Waals surface area (Å²) in [6, 6.07) is 8.38. The van der Waals surface area contributed by atoms with E-state index < -0.39 is 21.7 Å². The molecule has 220 valence electrons. The largest absolute Gasteiger partial charge is 0.377 e. The van der Waals surface area contributed by atoms with Gasteiger partial charge >= 0.3 is 0 Å². The van der Waals surface area contributed by atoms with Crippen LogP contribution in [-0.4, -0.2) is 41.9 Å². The fourth-order valence-corrected chi connectivity index (χ4v) is 6.16. The molecular weight excluding hydrogens is 562 g/mol. The van der Waals surface area contributed by atoms with E-state index in [1.807, 2.05) is 27.7 Å². The Hall–Kier alpha value is -4.01. The minimum Gasteiger partial charge on any atom is -0.377 e. The van der Waals surface area contributed by atoms with Crippen LogP contribution in [0.5, 0.6) is 0 Å². The first-order valence-electron chi connectivity index (χ1n) is 13.4. The molecule has 3 heterocycles. The standard InChI is InChI=1S/C31H32F2N4O4S/c1-7-31(3,4)20(12-22(38)18-41-6)13-27-26(33)15-28(34-5)29(36-27)25-17-37(30-24(25)14-21(32)16-35-30)42(39,40)23-10-8-19(2)9-11-23/h8-11,14-17,20H,7,12-13,18H2,1-4,6H3. The number of carbonyl (C=O) groups is 1. The van der Waals surface area contributed by atoms with E-state index in [0.29, 0.717) is 6.42 Å². The number of rotatable bonds is 11. The zero-order valence-electron chi connectivity index (χ0n) is 24.1. The minimum atomic E-state index is -4.18. The number of halogens is 2. The topological polar surface area (TPSA) is 95.5 Å². The molecule has 0 aliphatic rings. The first-order valence-corrected chi connectivity index (χ1v) is 14.8. The number of carbonyl (C=O) groups excluding carboxylic acids is 1. The summed E-state index contributed by atoms with van der Waals surface area (Å²) in [5.74, 6) is -1.88. The lowest BCUT2D eigenvalue weighted by Gasteiger charge is -2.33. The number of aryl methyl sites for hydroxylation is 1. The number of ketones is 1. The molecule has 0 saturated heterocycles. The van der Waals surface area contributed by atoms with Gasteiger partial charge in [0.2, 0.25) is 5.69 Å². The van der Waals surface area contributed by atoms with Gasteiger partial charge in [0.25, 0.3) is 10.0 Å². The van der Waals surface area contributed by atoms with Crippen molar-refractivity contribution in [1.82, 2.24) is 13.9 Å². The summed E-state index contributed by atoms with van der Waals surface area (Å²) in [5, 5.41) is 0.0985. The lowest BCUT2D eigenvalue weighted by Crippen LogP contribution is -2.29. The van der Waals surface area contributed by atoms with Crippen LogP contribution in [-0.2, 0) is 26.0 Å². The Morgan fingerprint density at radius 3 is 2.50 bits per heavy atom. The van der Waals surface area contributed by atoms with E-state index in [4.69, 9.17) is 11.3 Å². The van der Waals surface area contributed by atoms with Gasteiger partial charge in [-0.05, 0) is 48.9 Å². The highest BCUT2D eigenvalue weighted by molar-refractivity contribution is 7.90. The molecule has 0 spiro atoms. The monoisotopic (exact) mass is 594 g/mol. The van der Waals surface area contributed by atoms with Gasteiger partial charge in [-0.1, -0.05) is 44.9 Å². The lowest BCUT2D eigenvalue weighted by molar-refractivity contribution is -0.124. The minimum absolute atomic E-state index is 0.00655. The van der Waals surface area contributed by atoms with Crippen LogP contribution >= 0.6 is 0 Å². The summed E-state index contributed by atoms with van der Waals surface area (Å²) in [6.07, 6.45) is 3.07. The Balaban J connectivity index is 1.91. The van der Waals surface area contributed by atoms with Crippen LogP contribution in [0.3, 0.4) is 0 Å². The van der Waals surface area contributed by atoms with E-state index in [2.05, 4.69) is 14.8 Å². The maximum atomic E-state index is 15.4. The van der Waals surface area contributed by atoms with E-state index in [0.717, 1.165) is 27.9 Å². The molecule has 0 aliphatic carbocycles. The zero-order chi connectivity index (χ0) is 30.8. The molecular formula is C31H32F2N4O4S. The first kappa shape index (κ1) is 30.9. The smallest absolute Gasteiger partial charge is 0.269 e. The van der Waals surface area contributed by atoms with Gasteiger partial charge in [0.1, 0.15) is 18.2 Å². The average molecular weight is 595 g/mol. The van der Waals surface area contributed by atoms with Crippen molar-refractivity contribution in [1.29, 1.82) is 0 Å². The molecule has 0 aliphatic heterocycles. The molecule has 0 saturated carbocycles. The number of ether oxygens (including phenoxy) is 1. The number of nitrogens with zero attached hydrogens (tertiary/aromatic N) is 4. The van der Waals surface area contributed by atoms with Gasteiger partial charge in [0.15, 0.2) is 11.4 Å². The van der Waals surface area contributed by atoms with Crippen molar-refractivity contribution >= 4 is 32.5 Å². The number of hydrogen-bond donors (Lipinski definition) is 0. The molecule has 1 unspecified atom stereocenters. The van der Waals surface area contributed by atoms with Crippen LogP contribution in [0.25, 0.3) is 27.1 Å². The molecule has 0 fully saturated rings. The highest BCUT2D eigenvalue weighted by Gasteiger charge is 2.32. The van der Waals surface area contributed by atoms with Crippen LogP contribution in [0.4, 0.5) is 14.5 Å². The van der Waals surface area contributed by atoms with E-state index in [9.17, 15) is 17.6 Å². The van der Waals surface area contributed by atoms with Crippen molar-refractivity contribution < 1.29 is 26.7 Å². The predicted octanol–water partition coefficient (Wildman–Crippen LogP) is 6.67. The Morgan fingerprint density at radius 1 is 1.19 bits per heavy atom. The van der Waals surface area contributed by atoms with Crippen molar-refractivity contribution in [2.45, 2.75) is 51.9 Å². The molecule has 4 aromatic rings. The van der Waals surface area contributed by atoms with Crippen LogP contribution in [0.1, 0.15) is 44.9 Å². The molecule has 42 heavy (non-hydrogen) atoms. The summed E-state index contributed by atoms with van der Waals surface area (Å²) >= 11 is 0. The molecule has 0 N–H and O–H groups in total. The van der Waals surface area contributed by atoms with E-state index in [-0.39, 0.29) is 75.1 Å². The second kappa shape index (κ2) is 12.1. The summed E-state index contributed by atoms with van der Waals surface area (Å²) in [6.45, 7) is 15.4. The van der Waals surface area contributed by atoms with E-state index in [1.54, 1.807) is 12.1 Å². The van der Waals surface area contributed by atoms with Crippen LogP contribution in [0.15, 0.2) is 53.7 Å². The number of hydrogen-bond acceptors (Lipinski definition) is 6. The van der Waals surface area contributed by atoms with Gasteiger partial charge in [0.05, 0.1) is 29.1 Å². The van der Waals surface area contributed by atoms with Crippen molar-refractivity contribution in [3.63, 3.8) is 0 Å².